The van der Waals surface area contributed by atoms with Crippen molar-refractivity contribution in [2.24, 2.45) is 7.05 Å². The third-order valence-electron chi connectivity index (χ3n) is 8.36. The largest absolute Gasteiger partial charge is 0.432 e. The van der Waals surface area contributed by atoms with Gasteiger partial charge in [-0.15, -0.1) is 10.2 Å². The molecular formula is C31H26FN7O2. The molecule has 2 atom stereocenters. The fourth-order valence-corrected chi connectivity index (χ4v) is 6.13. The molecule has 1 saturated carbocycles. The SMILES string of the molecule is [C-]#[N+]c1ccc(-c2cc(-c3nc4cc(CN5C[C@@H]6C[C@H]5CO6)cc(F)c4o3)nc(C3CC3)c2)c(-c2nncn2C)c1. The summed E-state index contributed by atoms with van der Waals surface area (Å²) in [6.07, 6.45) is 5.11. The van der Waals surface area contributed by atoms with E-state index in [1.54, 1.807) is 18.5 Å². The molecule has 2 aliphatic heterocycles. The molecule has 204 valence electrons. The highest BCUT2D eigenvalue weighted by molar-refractivity contribution is 5.85. The zero-order valence-electron chi connectivity index (χ0n) is 22.4. The van der Waals surface area contributed by atoms with Crippen LogP contribution < -0.4 is 0 Å². The van der Waals surface area contributed by atoms with Gasteiger partial charge in [0.2, 0.25) is 5.89 Å². The molecule has 41 heavy (non-hydrogen) atoms. The van der Waals surface area contributed by atoms with E-state index < -0.39 is 5.82 Å². The molecule has 8 rings (SSSR count). The smallest absolute Gasteiger partial charge is 0.246 e. The zero-order chi connectivity index (χ0) is 27.7. The molecule has 2 bridgehead atoms. The zero-order valence-corrected chi connectivity index (χ0v) is 22.4. The highest BCUT2D eigenvalue weighted by atomic mass is 19.1. The summed E-state index contributed by atoms with van der Waals surface area (Å²) in [7, 11) is 1.88. The van der Waals surface area contributed by atoms with Gasteiger partial charge in [-0.2, -0.15) is 0 Å². The minimum absolute atomic E-state index is 0.136. The predicted octanol–water partition coefficient (Wildman–Crippen LogP) is 5.89. The van der Waals surface area contributed by atoms with Crippen LogP contribution in [0.4, 0.5) is 10.1 Å². The number of pyridine rings is 1. The first-order valence-corrected chi connectivity index (χ1v) is 13.9. The summed E-state index contributed by atoms with van der Waals surface area (Å²) in [5.41, 5.74) is 6.10. The Labute approximate surface area is 235 Å². The van der Waals surface area contributed by atoms with Gasteiger partial charge in [-0.25, -0.2) is 19.2 Å². The molecular weight excluding hydrogens is 521 g/mol. The summed E-state index contributed by atoms with van der Waals surface area (Å²) >= 11 is 0. The van der Waals surface area contributed by atoms with Crippen LogP contribution in [0.5, 0.6) is 0 Å². The number of aryl methyl sites for hydroxylation is 1. The fraction of sp³-hybridized carbons (Fsp3) is 0.323. The van der Waals surface area contributed by atoms with Gasteiger partial charge in [0.05, 0.1) is 19.3 Å². The van der Waals surface area contributed by atoms with Crippen molar-refractivity contribution in [1.29, 1.82) is 0 Å². The number of halogens is 1. The van der Waals surface area contributed by atoms with Crippen molar-refractivity contribution in [2.75, 3.05) is 13.2 Å². The van der Waals surface area contributed by atoms with Crippen molar-refractivity contribution in [2.45, 2.75) is 43.9 Å². The number of rotatable bonds is 6. The van der Waals surface area contributed by atoms with Crippen LogP contribution in [0.1, 0.15) is 36.4 Å². The summed E-state index contributed by atoms with van der Waals surface area (Å²) in [6, 6.07) is 13.4. The van der Waals surface area contributed by atoms with Crippen LogP contribution in [0.2, 0.25) is 0 Å². The van der Waals surface area contributed by atoms with E-state index in [2.05, 4.69) is 26.0 Å². The Morgan fingerprint density at radius 3 is 2.73 bits per heavy atom. The van der Waals surface area contributed by atoms with Crippen LogP contribution in [0, 0.1) is 12.4 Å². The van der Waals surface area contributed by atoms with Crippen LogP contribution in [0.15, 0.2) is 53.2 Å². The maximum absolute atomic E-state index is 15.3. The molecule has 3 aliphatic rings. The molecule has 5 aromatic rings. The normalized spacial score (nSPS) is 20.2. The molecule has 0 N–H and O–H groups in total. The van der Waals surface area contributed by atoms with E-state index in [0.29, 0.717) is 41.2 Å². The lowest BCUT2D eigenvalue weighted by atomic mass is 9.97. The average molecular weight is 548 g/mol. The third kappa shape index (κ3) is 4.29. The molecule has 0 radical (unpaired) electrons. The monoisotopic (exact) mass is 547 g/mol. The van der Waals surface area contributed by atoms with Crippen molar-refractivity contribution < 1.29 is 13.5 Å². The van der Waals surface area contributed by atoms with E-state index in [1.807, 2.05) is 35.9 Å². The number of morpholine rings is 1. The summed E-state index contributed by atoms with van der Waals surface area (Å²) in [5.74, 6) is 0.884. The summed E-state index contributed by atoms with van der Waals surface area (Å²) < 4.78 is 28.8. The van der Waals surface area contributed by atoms with Crippen molar-refractivity contribution in [3.63, 3.8) is 0 Å². The third-order valence-corrected chi connectivity index (χ3v) is 8.36. The van der Waals surface area contributed by atoms with Crippen molar-refractivity contribution in [1.82, 2.24) is 29.6 Å². The number of nitrogens with zero attached hydrogens (tertiary/aromatic N) is 7. The maximum atomic E-state index is 15.3. The Balaban J connectivity index is 1.21. The number of hydrogen-bond donors (Lipinski definition) is 0. The van der Waals surface area contributed by atoms with E-state index >= 15 is 4.39 Å². The molecule has 0 amide bonds. The number of hydrogen-bond acceptors (Lipinski definition) is 7. The van der Waals surface area contributed by atoms with Crippen molar-refractivity contribution in [3.05, 3.63) is 77.3 Å². The number of benzene rings is 2. The van der Waals surface area contributed by atoms with Gasteiger partial charge in [-0.1, -0.05) is 12.1 Å². The van der Waals surface area contributed by atoms with Crippen molar-refractivity contribution >= 4 is 16.8 Å². The van der Waals surface area contributed by atoms with Crippen LogP contribution in [-0.4, -0.2) is 54.9 Å². The summed E-state index contributed by atoms with van der Waals surface area (Å²) in [4.78, 5) is 15.6. The summed E-state index contributed by atoms with van der Waals surface area (Å²) in [6.45, 7) is 9.80. The van der Waals surface area contributed by atoms with E-state index in [9.17, 15) is 0 Å². The maximum Gasteiger partial charge on any atom is 0.246 e. The Morgan fingerprint density at radius 1 is 1.10 bits per heavy atom. The van der Waals surface area contributed by atoms with E-state index in [4.69, 9.17) is 25.7 Å². The molecule has 2 saturated heterocycles. The van der Waals surface area contributed by atoms with E-state index in [1.165, 1.54) is 0 Å². The van der Waals surface area contributed by atoms with Crippen LogP contribution >= 0.6 is 0 Å². The van der Waals surface area contributed by atoms with Gasteiger partial charge in [0.1, 0.15) is 17.5 Å². The average Bonchev–Trinajstić information content (AvgIpc) is 3.29. The molecule has 3 aromatic heterocycles. The Morgan fingerprint density at radius 2 is 2.00 bits per heavy atom. The topological polar surface area (TPSA) is 86.5 Å². The number of aromatic nitrogens is 5. The highest BCUT2D eigenvalue weighted by Crippen LogP contribution is 2.43. The Hall–Kier alpha value is -4.46. The molecule has 0 unspecified atom stereocenters. The molecule has 5 heterocycles. The minimum atomic E-state index is -0.422. The van der Waals surface area contributed by atoms with Gasteiger partial charge >= 0.3 is 0 Å². The molecule has 0 spiro atoms. The second-order valence-electron chi connectivity index (χ2n) is 11.3. The lowest BCUT2D eigenvalue weighted by Gasteiger charge is -2.26. The Kier molecular flexibility index (Phi) is 5.52. The molecule has 3 fully saturated rings. The lowest BCUT2D eigenvalue weighted by Crippen LogP contribution is -2.36. The number of oxazole rings is 1. The fourth-order valence-electron chi connectivity index (χ4n) is 6.13. The molecule has 9 nitrogen and oxygen atoms in total. The standard InChI is InChI=1S/C31H26FN7O2/c1-33-20-5-6-23(24(11-20)30-37-34-16-38(30)2)19-9-26(18-3-4-18)35-28(10-19)31-36-27-8-17(7-25(32)29(27)41-31)13-39-14-22-12-21(39)15-40-22/h5-11,16,18,21-22H,3-4,12-15H2,2H3/t21-,22-/m0/s1. The van der Waals surface area contributed by atoms with Gasteiger partial charge in [-0.05, 0) is 66.3 Å². The number of ether oxygens (including phenoxy) is 1. The highest BCUT2D eigenvalue weighted by Gasteiger charge is 2.38. The Bertz CT molecular complexity index is 1870. The minimum Gasteiger partial charge on any atom is -0.432 e. The molecule has 2 aromatic carbocycles. The molecule has 10 heteroatoms. The van der Waals surface area contributed by atoms with Crippen LogP contribution in [-0.2, 0) is 18.3 Å². The van der Waals surface area contributed by atoms with Gasteiger partial charge in [-0.3, -0.25) is 4.90 Å². The van der Waals surface area contributed by atoms with E-state index in [0.717, 1.165) is 60.4 Å². The predicted molar refractivity (Wildman–Crippen MR) is 149 cm³/mol. The number of likely N-dealkylation sites (tertiary alicyclic amines) is 1. The van der Waals surface area contributed by atoms with Crippen LogP contribution in [0.3, 0.4) is 0 Å². The first kappa shape index (κ1) is 24.3. The number of fused-ring (bicyclic) bond motifs is 3. The van der Waals surface area contributed by atoms with Crippen LogP contribution in [0.25, 0.3) is 50.0 Å². The van der Waals surface area contributed by atoms with Gasteiger partial charge < -0.3 is 13.7 Å². The van der Waals surface area contributed by atoms with Gasteiger partial charge in [0, 0.05) is 43.4 Å². The first-order valence-electron chi connectivity index (χ1n) is 13.9. The van der Waals surface area contributed by atoms with Gasteiger partial charge in [0.25, 0.3) is 0 Å². The van der Waals surface area contributed by atoms with Crippen molar-refractivity contribution in [3.8, 4) is 34.1 Å². The quantitative estimate of drug-likeness (QED) is 0.245. The lowest BCUT2D eigenvalue weighted by molar-refractivity contribution is 0.0273. The second kappa shape index (κ2) is 9.29. The second-order valence-corrected chi connectivity index (χ2v) is 11.3. The molecule has 1 aliphatic carbocycles. The van der Waals surface area contributed by atoms with Gasteiger partial charge in [0.15, 0.2) is 22.9 Å². The summed E-state index contributed by atoms with van der Waals surface area (Å²) in [5, 5.41) is 8.35. The van der Waals surface area contributed by atoms with E-state index in [-0.39, 0.29) is 17.6 Å². The first-order chi connectivity index (χ1) is 20.0.